The van der Waals surface area contributed by atoms with Gasteiger partial charge in [0.15, 0.2) is 0 Å². The Bertz CT molecular complexity index is 216. The molecule has 0 spiro atoms. The third kappa shape index (κ3) is 4.94. The summed E-state index contributed by atoms with van der Waals surface area (Å²) >= 11 is 0. The Balaban J connectivity index is 2.05. The number of amides is 1. The molecule has 1 atom stereocenters. The summed E-state index contributed by atoms with van der Waals surface area (Å²) in [7, 11) is 2.14. The molecule has 0 aromatic heterocycles. The van der Waals surface area contributed by atoms with E-state index in [0.717, 1.165) is 25.4 Å². The van der Waals surface area contributed by atoms with Gasteiger partial charge in [-0.1, -0.05) is 0 Å². The van der Waals surface area contributed by atoms with Crippen LogP contribution >= 0.6 is 0 Å². The normalized spacial score (nSPS) is 17.5. The quantitative estimate of drug-likeness (QED) is 0.601. The van der Waals surface area contributed by atoms with Crippen molar-refractivity contribution in [3.63, 3.8) is 0 Å². The minimum atomic E-state index is 0.157. The molecule has 4 nitrogen and oxygen atoms in total. The van der Waals surface area contributed by atoms with E-state index in [4.69, 9.17) is 5.73 Å². The second kappa shape index (κ2) is 6.86. The lowest BCUT2D eigenvalue weighted by Gasteiger charge is -2.24. The van der Waals surface area contributed by atoms with Crippen LogP contribution in [0.2, 0.25) is 0 Å². The average Bonchev–Trinajstić information content (AvgIpc) is 3.09. The van der Waals surface area contributed by atoms with Gasteiger partial charge in [0.1, 0.15) is 0 Å². The van der Waals surface area contributed by atoms with Crippen LogP contribution in [-0.4, -0.2) is 43.0 Å². The van der Waals surface area contributed by atoms with E-state index in [1.807, 2.05) is 0 Å². The Labute approximate surface area is 98.6 Å². The molecule has 0 saturated heterocycles. The topological polar surface area (TPSA) is 58.4 Å². The first-order valence-electron chi connectivity index (χ1n) is 6.34. The molecule has 0 aromatic rings. The Morgan fingerprint density at radius 2 is 2.19 bits per heavy atom. The van der Waals surface area contributed by atoms with Crippen LogP contribution in [0.15, 0.2) is 0 Å². The molecule has 1 aliphatic carbocycles. The lowest BCUT2D eigenvalue weighted by atomic mass is 10.2. The molecule has 94 valence electrons. The summed E-state index contributed by atoms with van der Waals surface area (Å²) in [5, 5.41) is 2.98. The van der Waals surface area contributed by atoms with Crippen LogP contribution in [0.4, 0.5) is 0 Å². The Morgan fingerprint density at radius 3 is 2.75 bits per heavy atom. The molecule has 1 unspecified atom stereocenters. The SMILES string of the molecule is CC(CNC(=O)CCCCN)N(C)C1CC1. The molecule has 0 aromatic carbocycles. The minimum absolute atomic E-state index is 0.157. The monoisotopic (exact) mass is 227 g/mol. The summed E-state index contributed by atoms with van der Waals surface area (Å²) in [6, 6.07) is 1.19. The van der Waals surface area contributed by atoms with Crippen molar-refractivity contribution in [1.29, 1.82) is 0 Å². The van der Waals surface area contributed by atoms with Gasteiger partial charge in [-0.3, -0.25) is 9.69 Å². The number of hydrogen-bond acceptors (Lipinski definition) is 3. The highest BCUT2D eigenvalue weighted by atomic mass is 16.1. The smallest absolute Gasteiger partial charge is 0.220 e. The minimum Gasteiger partial charge on any atom is -0.355 e. The standard InChI is InChI=1S/C12H25N3O/c1-10(15(2)11-6-7-11)9-14-12(16)5-3-4-8-13/h10-11H,3-9,13H2,1-2H3,(H,14,16). The molecule has 0 aliphatic heterocycles. The third-order valence-electron chi connectivity index (χ3n) is 3.27. The third-order valence-corrected chi connectivity index (χ3v) is 3.27. The number of nitrogens with two attached hydrogens (primary N) is 1. The van der Waals surface area contributed by atoms with E-state index < -0.39 is 0 Å². The zero-order valence-corrected chi connectivity index (χ0v) is 10.5. The highest BCUT2D eigenvalue weighted by Gasteiger charge is 2.28. The number of unbranched alkanes of at least 4 members (excludes halogenated alkanes) is 1. The van der Waals surface area contributed by atoms with E-state index in [-0.39, 0.29) is 5.91 Å². The number of hydrogen-bond donors (Lipinski definition) is 2. The number of likely N-dealkylation sites (N-methyl/N-ethyl adjacent to an activating group) is 1. The predicted molar refractivity (Wildman–Crippen MR) is 66.2 cm³/mol. The predicted octanol–water partition coefficient (Wildman–Crippen LogP) is 0.714. The maximum absolute atomic E-state index is 11.5. The number of nitrogens with one attached hydrogen (secondary N) is 1. The number of nitrogens with zero attached hydrogens (tertiary/aromatic N) is 1. The number of carbonyl (C=O) groups excluding carboxylic acids is 1. The van der Waals surface area contributed by atoms with Crippen LogP contribution < -0.4 is 11.1 Å². The van der Waals surface area contributed by atoms with Crippen LogP contribution in [0.5, 0.6) is 0 Å². The van der Waals surface area contributed by atoms with Crippen LogP contribution in [0.25, 0.3) is 0 Å². The molecule has 1 amide bonds. The van der Waals surface area contributed by atoms with Crippen molar-refractivity contribution in [2.75, 3.05) is 20.1 Å². The zero-order chi connectivity index (χ0) is 12.0. The lowest BCUT2D eigenvalue weighted by molar-refractivity contribution is -0.121. The molecular weight excluding hydrogens is 202 g/mol. The Hall–Kier alpha value is -0.610. The van der Waals surface area contributed by atoms with Crippen molar-refractivity contribution in [3.05, 3.63) is 0 Å². The van der Waals surface area contributed by atoms with Crippen LogP contribution in [0.1, 0.15) is 39.0 Å². The summed E-state index contributed by atoms with van der Waals surface area (Å²) in [6.07, 6.45) is 5.06. The Kier molecular flexibility index (Phi) is 5.77. The fourth-order valence-corrected chi connectivity index (χ4v) is 1.77. The average molecular weight is 227 g/mol. The van der Waals surface area contributed by atoms with Gasteiger partial charge in [-0.2, -0.15) is 0 Å². The maximum Gasteiger partial charge on any atom is 0.220 e. The molecule has 0 radical (unpaired) electrons. The lowest BCUT2D eigenvalue weighted by Crippen LogP contribution is -2.41. The molecule has 1 saturated carbocycles. The van der Waals surface area contributed by atoms with Crippen molar-refractivity contribution in [3.8, 4) is 0 Å². The fourth-order valence-electron chi connectivity index (χ4n) is 1.77. The van der Waals surface area contributed by atoms with E-state index in [1.165, 1.54) is 12.8 Å². The van der Waals surface area contributed by atoms with Crippen molar-refractivity contribution in [2.45, 2.75) is 51.1 Å². The second-order valence-corrected chi connectivity index (χ2v) is 4.80. The van der Waals surface area contributed by atoms with Gasteiger partial charge in [-0.15, -0.1) is 0 Å². The van der Waals surface area contributed by atoms with Gasteiger partial charge < -0.3 is 11.1 Å². The van der Waals surface area contributed by atoms with Gasteiger partial charge in [-0.25, -0.2) is 0 Å². The molecule has 0 heterocycles. The molecule has 16 heavy (non-hydrogen) atoms. The first-order chi connectivity index (χ1) is 7.65. The largest absolute Gasteiger partial charge is 0.355 e. The van der Waals surface area contributed by atoms with Gasteiger partial charge in [0.05, 0.1) is 0 Å². The van der Waals surface area contributed by atoms with E-state index >= 15 is 0 Å². The van der Waals surface area contributed by atoms with Crippen molar-refractivity contribution < 1.29 is 4.79 Å². The summed E-state index contributed by atoms with van der Waals surface area (Å²) in [4.78, 5) is 13.8. The highest BCUT2D eigenvalue weighted by Crippen LogP contribution is 2.26. The van der Waals surface area contributed by atoms with Crippen LogP contribution in [-0.2, 0) is 4.79 Å². The molecule has 1 aliphatic rings. The second-order valence-electron chi connectivity index (χ2n) is 4.80. The van der Waals surface area contributed by atoms with E-state index in [1.54, 1.807) is 0 Å². The van der Waals surface area contributed by atoms with Crippen LogP contribution in [0.3, 0.4) is 0 Å². The number of carbonyl (C=O) groups is 1. The summed E-state index contributed by atoms with van der Waals surface area (Å²) in [6.45, 7) is 3.60. The van der Waals surface area contributed by atoms with Gasteiger partial charge in [-0.05, 0) is 46.2 Å². The fraction of sp³-hybridized carbons (Fsp3) is 0.917. The van der Waals surface area contributed by atoms with Crippen molar-refractivity contribution >= 4 is 5.91 Å². The van der Waals surface area contributed by atoms with Gasteiger partial charge >= 0.3 is 0 Å². The summed E-state index contributed by atoms with van der Waals surface area (Å²) in [5.41, 5.74) is 5.38. The molecule has 1 fully saturated rings. The van der Waals surface area contributed by atoms with Crippen LogP contribution in [0, 0.1) is 0 Å². The van der Waals surface area contributed by atoms with E-state index in [0.29, 0.717) is 19.0 Å². The van der Waals surface area contributed by atoms with E-state index in [9.17, 15) is 4.79 Å². The highest BCUT2D eigenvalue weighted by molar-refractivity contribution is 5.75. The van der Waals surface area contributed by atoms with Crippen molar-refractivity contribution in [2.24, 2.45) is 5.73 Å². The molecule has 4 heteroatoms. The molecule has 3 N–H and O–H groups in total. The summed E-state index contributed by atoms with van der Waals surface area (Å²) < 4.78 is 0. The zero-order valence-electron chi connectivity index (χ0n) is 10.5. The first kappa shape index (κ1) is 13.5. The maximum atomic E-state index is 11.5. The van der Waals surface area contributed by atoms with Gasteiger partial charge in [0, 0.05) is 25.0 Å². The Morgan fingerprint density at radius 1 is 1.50 bits per heavy atom. The van der Waals surface area contributed by atoms with Gasteiger partial charge in [0.25, 0.3) is 0 Å². The van der Waals surface area contributed by atoms with Gasteiger partial charge in [0.2, 0.25) is 5.91 Å². The number of rotatable bonds is 8. The molecule has 1 rings (SSSR count). The molecule has 0 bridgehead atoms. The van der Waals surface area contributed by atoms with E-state index in [2.05, 4.69) is 24.2 Å². The molecular formula is C12H25N3O. The van der Waals surface area contributed by atoms with Crippen molar-refractivity contribution in [1.82, 2.24) is 10.2 Å². The first-order valence-corrected chi connectivity index (χ1v) is 6.34. The summed E-state index contributed by atoms with van der Waals surface area (Å²) in [5.74, 6) is 0.157.